The fourth-order valence-electron chi connectivity index (χ4n) is 8.16. The highest BCUT2D eigenvalue weighted by Gasteiger charge is 2.62. The number of hydrogen-bond donors (Lipinski definition) is 1. The normalized spacial score (nSPS) is 40.9. The fourth-order valence-corrected chi connectivity index (χ4v) is 8.16. The van der Waals surface area contributed by atoms with Crippen LogP contribution in [0.1, 0.15) is 63.9 Å². The van der Waals surface area contributed by atoms with Gasteiger partial charge in [-0.05, 0) is 73.3 Å². The molecule has 0 saturated heterocycles. The smallest absolute Gasteiger partial charge is 0.349 e. The molecule has 1 aromatic carbocycles. The van der Waals surface area contributed by atoms with Gasteiger partial charge in [-0.25, -0.2) is 0 Å². The Hall–Kier alpha value is -2.11. The first-order chi connectivity index (χ1) is 15.6. The van der Waals surface area contributed by atoms with Crippen molar-refractivity contribution in [2.75, 3.05) is 0 Å². The highest BCUT2D eigenvalue weighted by molar-refractivity contribution is 5.90. The van der Waals surface area contributed by atoms with Gasteiger partial charge in [0.25, 0.3) is 0 Å². The minimum Gasteiger partial charge on any atom is -0.349 e. The van der Waals surface area contributed by atoms with Crippen LogP contribution in [0.4, 0.5) is 13.2 Å². The molecule has 3 saturated carbocycles. The third-order valence-corrected chi connectivity index (χ3v) is 9.77. The maximum atomic E-state index is 14.1. The Kier molecular flexibility index (Phi) is 5.30. The molecule has 33 heavy (non-hydrogen) atoms. The summed E-state index contributed by atoms with van der Waals surface area (Å²) in [5.74, 6) is -2.30. The molecule has 3 fully saturated rings. The van der Waals surface area contributed by atoms with Crippen molar-refractivity contribution in [3.63, 3.8) is 0 Å². The van der Waals surface area contributed by atoms with Crippen molar-refractivity contribution in [2.45, 2.75) is 70.5 Å². The summed E-state index contributed by atoms with van der Waals surface area (Å²) in [5, 5.41) is 3.13. The van der Waals surface area contributed by atoms with Gasteiger partial charge in [-0.15, -0.1) is 0 Å². The first kappa shape index (κ1) is 22.7. The molecule has 0 aromatic heterocycles. The van der Waals surface area contributed by atoms with Crippen LogP contribution in [0.15, 0.2) is 42.5 Å². The number of carbonyl (C=O) groups is 2. The molecule has 3 aliphatic carbocycles. The predicted octanol–water partition coefficient (Wildman–Crippen LogP) is 5.82. The van der Waals surface area contributed by atoms with E-state index in [1.54, 1.807) is 24.3 Å². The Bertz CT molecular complexity index is 973. The summed E-state index contributed by atoms with van der Waals surface area (Å²) in [6.07, 6.45) is 3.95. The number of fused-ring (bicyclic) bond motifs is 5. The second-order valence-electron chi connectivity index (χ2n) is 11.2. The van der Waals surface area contributed by atoms with Gasteiger partial charge in [0.15, 0.2) is 5.78 Å². The second kappa shape index (κ2) is 7.71. The van der Waals surface area contributed by atoms with Crippen molar-refractivity contribution in [3.05, 3.63) is 48.0 Å². The molecule has 4 aliphatic rings. The average molecular weight is 460 g/mol. The van der Waals surface area contributed by atoms with Crippen molar-refractivity contribution in [1.82, 2.24) is 5.32 Å². The quantitative estimate of drug-likeness (QED) is 0.620. The van der Waals surface area contributed by atoms with Crippen molar-refractivity contribution in [2.24, 2.45) is 34.5 Å². The number of nitrogens with one attached hydrogen (secondary N) is 1. The maximum Gasteiger partial charge on any atom is 0.402 e. The van der Waals surface area contributed by atoms with Gasteiger partial charge in [0.05, 0.1) is 0 Å². The minimum absolute atomic E-state index is 0.0396. The molecule has 0 spiro atoms. The van der Waals surface area contributed by atoms with Gasteiger partial charge in [0.2, 0.25) is 5.91 Å². The number of amides is 1. The fraction of sp³-hybridized carbons (Fsp3) is 0.630. The zero-order valence-corrected chi connectivity index (χ0v) is 19.2. The molecule has 1 amide bonds. The zero-order valence-electron chi connectivity index (χ0n) is 19.2. The minimum atomic E-state index is -4.60. The predicted molar refractivity (Wildman–Crippen MR) is 119 cm³/mol. The number of carbonyl (C=O) groups excluding carboxylic acids is 2. The molecular formula is C27H32F3NO2. The molecule has 178 valence electrons. The lowest BCUT2D eigenvalue weighted by Crippen LogP contribution is -2.59. The lowest BCUT2D eigenvalue weighted by molar-refractivity contribution is -0.170. The number of halogens is 3. The first-order valence-electron chi connectivity index (χ1n) is 12.2. The number of hydrogen-bond acceptors (Lipinski definition) is 2. The second-order valence-corrected chi connectivity index (χ2v) is 11.2. The average Bonchev–Trinajstić information content (AvgIpc) is 3.11. The summed E-state index contributed by atoms with van der Waals surface area (Å²) in [6.45, 7) is 4.30. The highest BCUT2D eigenvalue weighted by Crippen LogP contribution is 2.65. The number of ketones is 1. The molecule has 0 bridgehead atoms. The number of benzene rings is 1. The SMILES string of the molecule is C[C@]12C=CC(=O)N[C@H]1CC[C@@H]1[C@@H]2CC[C@]2(C)[C@@H](C(=O)[C@@H](c3ccccc3)C(F)(F)F)CC[C@@H]12. The monoisotopic (exact) mass is 459 g/mol. The number of alkyl halides is 3. The van der Waals surface area contributed by atoms with Gasteiger partial charge in [-0.1, -0.05) is 50.3 Å². The van der Waals surface area contributed by atoms with Crippen molar-refractivity contribution >= 4 is 11.7 Å². The van der Waals surface area contributed by atoms with E-state index in [2.05, 4.69) is 25.2 Å². The van der Waals surface area contributed by atoms with Gasteiger partial charge in [-0.2, -0.15) is 13.2 Å². The molecule has 1 heterocycles. The van der Waals surface area contributed by atoms with Crippen LogP contribution in [-0.4, -0.2) is 23.9 Å². The summed E-state index contributed by atoms with van der Waals surface area (Å²) < 4.78 is 42.4. The van der Waals surface area contributed by atoms with Crippen molar-refractivity contribution < 1.29 is 22.8 Å². The molecule has 1 N–H and O–H groups in total. The van der Waals surface area contributed by atoms with Crippen LogP contribution < -0.4 is 5.32 Å². The summed E-state index contributed by atoms with van der Waals surface area (Å²) in [5.41, 5.74) is -0.480. The topological polar surface area (TPSA) is 46.2 Å². The van der Waals surface area contributed by atoms with Crippen LogP contribution >= 0.6 is 0 Å². The van der Waals surface area contributed by atoms with E-state index in [0.717, 1.165) is 32.1 Å². The maximum absolute atomic E-state index is 14.1. The lowest BCUT2D eigenvalue weighted by Gasteiger charge is -2.58. The Morgan fingerprint density at radius 2 is 1.76 bits per heavy atom. The van der Waals surface area contributed by atoms with Crippen molar-refractivity contribution in [1.29, 1.82) is 0 Å². The van der Waals surface area contributed by atoms with Crippen LogP contribution in [0, 0.1) is 34.5 Å². The third kappa shape index (κ3) is 3.47. The van der Waals surface area contributed by atoms with E-state index in [1.165, 1.54) is 12.1 Å². The Morgan fingerprint density at radius 3 is 2.45 bits per heavy atom. The molecule has 6 heteroatoms. The van der Waals surface area contributed by atoms with Crippen molar-refractivity contribution in [3.8, 4) is 0 Å². The van der Waals surface area contributed by atoms with Crippen LogP contribution in [0.3, 0.4) is 0 Å². The van der Waals surface area contributed by atoms with E-state index < -0.39 is 29.2 Å². The van der Waals surface area contributed by atoms with E-state index in [9.17, 15) is 22.8 Å². The lowest BCUT2D eigenvalue weighted by atomic mass is 9.47. The molecule has 1 aromatic rings. The summed E-state index contributed by atoms with van der Waals surface area (Å²) >= 11 is 0. The summed E-state index contributed by atoms with van der Waals surface area (Å²) in [4.78, 5) is 25.5. The summed E-state index contributed by atoms with van der Waals surface area (Å²) in [7, 11) is 0. The Morgan fingerprint density at radius 1 is 1.03 bits per heavy atom. The van der Waals surface area contributed by atoms with Gasteiger partial charge in [0.1, 0.15) is 5.92 Å². The van der Waals surface area contributed by atoms with E-state index in [-0.39, 0.29) is 28.8 Å². The molecule has 1 aliphatic heterocycles. The van der Waals surface area contributed by atoms with E-state index in [1.807, 2.05) is 0 Å². The van der Waals surface area contributed by atoms with Gasteiger partial charge >= 0.3 is 6.18 Å². The van der Waals surface area contributed by atoms with E-state index in [0.29, 0.717) is 18.3 Å². The van der Waals surface area contributed by atoms with E-state index >= 15 is 0 Å². The molecule has 8 atom stereocenters. The number of rotatable bonds is 3. The summed E-state index contributed by atoms with van der Waals surface area (Å²) in [6, 6.07) is 7.78. The van der Waals surface area contributed by atoms with Gasteiger partial charge in [0, 0.05) is 17.4 Å². The van der Waals surface area contributed by atoms with Crippen LogP contribution in [0.25, 0.3) is 0 Å². The highest BCUT2D eigenvalue weighted by atomic mass is 19.4. The molecule has 5 rings (SSSR count). The standard InChI is InChI=1S/C27H32F3NO2/c1-25-14-12-19-17(8-11-21-26(19,2)15-13-22(32)31-21)18(25)9-10-20(25)24(33)23(27(28,29)30)16-6-4-3-5-7-16/h3-7,13,15,17-21,23H,8-12,14H2,1-2H3,(H,31,32)/t17-,18-,19-,20+,21-,23+,25-,26+/m0/s1. The third-order valence-electron chi connectivity index (χ3n) is 9.77. The zero-order chi connectivity index (χ0) is 23.6. The Balaban J connectivity index is 1.44. The molecular weight excluding hydrogens is 427 g/mol. The van der Waals surface area contributed by atoms with Crippen LogP contribution in [0.2, 0.25) is 0 Å². The van der Waals surface area contributed by atoms with Crippen LogP contribution in [0.5, 0.6) is 0 Å². The molecule has 0 radical (unpaired) electrons. The first-order valence-corrected chi connectivity index (χ1v) is 12.2. The van der Waals surface area contributed by atoms with Gasteiger partial charge < -0.3 is 5.32 Å². The van der Waals surface area contributed by atoms with Crippen LogP contribution in [-0.2, 0) is 9.59 Å². The van der Waals surface area contributed by atoms with E-state index in [4.69, 9.17) is 0 Å². The molecule has 0 unspecified atom stereocenters. The van der Waals surface area contributed by atoms with Gasteiger partial charge in [-0.3, -0.25) is 9.59 Å². The molecule has 3 nitrogen and oxygen atoms in total. The largest absolute Gasteiger partial charge is 0.402 e. The Labute approximate surface area is 193 Å². The number of Topliss-reactive ketones (excluding diaryl/α,β-unsaturated/α-hetero) is 1.